The highest BCUT2D eigenvalue weighted by atomic mass is 32.2. The molecular formula is C15H23N3O4S. The standard InChI is InChI=1S/C15H23N3O4S/c1-11-2-3-12(22-11)8-17-6-7-18(15(19)4-5-16)14-10-23(20,21)9-13(14)17/h2-3,13-14H,4-10,16H2,1H3/t13-,14+/m1/s1. The predicted octanol–water partition coefficient (Wildman–Crippen LogP) is -0.253. The molecule has 2 aliphatic rings. The maximum absolute atomic E-state index is 12.2. The van der Waals surface area contributed by atoms with Crippen LogP contribution in [0.3, 0.4) is 0 Å². The fourth-order valence-electron chi connectivity index (χ4n) is 3.57. The number of carbonyl (C=O) groups excluding carboxylic acids is 1. The number of rotatable bonds is 4. The maximum Gasteiger partial charge on any atom is 0.224 e. The van der Waals surface area contributed by atoms with Gasteiger partial charge < -0.3 is 15.1 Å². The van der Waals surface area contributed by atoms with Gasteiger partial charge in [0, 0.05) is 32.1 Å². The summed E-state index contributed by atoms with van der Waals surface area (Å²) in [6.07, 6.45) is 0.265. The molecule has 0 saturated carbocycles. The van der Waals surface area contributed by atoms with E-state index in [2.05, 4.69) is 4.90 Å². The monoisotopic (exact) mass is 341 g/mol. The van der Waals surface area contributed by atoms with Crippen molar-refractivity contribution in [2.75, 3.05) is 31.1 Å². The molecule has 128 valence electrons. The number of carbonyl (C=O) groups is 1. The van der Waals surface area contributed by atoms with Gasteiger partial charge in [-0.3, -0.25) is 9.69 Å². The fraction of sp³-hybridized carbons (Fsp3) is 0.667. The number of aryl methyl sites for hydroxylation is 1. The number of nitrogens with zero attached hydrogens (tertiary/aromatic N) is 2. The van der Waals surface area contributed by atoms with Crippen LogP contribution in [0.1, 0.15) is 17.9 Å². The molecular weight excluding hydrogens is 318 g/mol. The summed E-state index contributed by atoms with van der Waals surface area (Å²) in [6, 6.07) is 3.38. The second-order valence-corrected chi connectivity index (χ2v) is 8.47. The van der Waals surface area contributed by atoms with Crippen LogP contribution in [-0.4, -0.2) is 67.3 Å². The minimum atomic E-state index is -3.13. The number of furan rings is 1. The molecule has 1 aromatic rings. The van der Waals surface area contributed by atoms with Crippen molar-refractivity contribution in [1.29, 1.82) is 0 Å². The van der Waals surface area contributed by atoms with E-state index >= 15 is 0 Å². The lowest BCUT2D eigenvalue weighted by atomic mass is 10.0. The van der Waals surface area contributed by atoms with E-state index in [-0.39, 0.29) is 42.5 Å². The molecule has 0 radical (unpaired) electrons. The molecule has 2 fully saturated rings. The third-order valence-electron chi connectivity index (χ3n) is 4.62. The Labute approximate surface area is 136 Å². The lowest BCUT2D eigenvalue weighted by Gasteiger charge is -2.43. The first-order valence-electron chi connectivity index (χ1n) is 7.89. The van der Waals surface area contributed by atoms with Gasteiger partial charge in [0.25, 0.3) is 0 Å². The zero-order valence-electron chi connectivity index (χ0n) is 13.3. The Bertz CT molecular complexity index is 685. The number of fused-ring (bicyclic) bond motifs is 1. The molecule has 0 aliphatic carbocycles. The molecule has 2 aliphatic heterocycles. The maximum atomic E-state index is 12.2. The first-order chi connectivity index (χ1) is 10.9. The van der Waals surface area contributed by atoms with Crippen LogP contribution < -0.4 is 5.73 Å². The molecule has 0 aromatic carbocycles. The van der Waals surface area contributed by atoms with Crippen LogP contribution in [0.25, 0.3) is 0 Å². The molecule has 7 nitrogen and oxygen atoms in total. The number of piperazine rings is 1. The number of hydrogen-bond donors (Lipinski definition) is 1. The Morgan fingerprint density at radius 1 is 1.30 bits per heavy atom. The summed E-state index contributed by atoms with van der Waals surface area (Å²) < 4.78 is 29.8. The van der Waals surface area contributed by atoms with Gasteiger partial charge >= 0.3 is 0 Å². The molecule has 3 heterocycles. The van der Waals surface area contributed by atoms with Crippen LogP contribution in [0.15, 0.2) is 16.5 Å². The van der Waals surface area contributed by atoms with Gasteiger partial charge in [-0.05, 0) is 19.1 Å². The summed E-state index contributed by atoms with van der Waals surface area (Å²) in [4.78, 5) is 16.1. The number of hydrogen-bond acceptors (Lipinski definition) is 6. The normalized spacial score (nSPS) is 27.1. The molecule has 0 unspecified atom stereocenters. The highest BCUT2D eigenvalue weighted by Gasteiger charge is 2.47. The molecule has 2 atom stereocenters. The zero-order valence-corrected chi connectivity index (χ0v) is 14.1. The van der Waals surface area contributed by atoms with Crippen LogP contribution in [0.5, 0.6) is 0 Å². The van der Waals surface area contributed by atoms with Gasteiger partial charge in [-0.2, -0.15) is 0 Å². The summed E-state index contributed by atoms with van der Waals surface area (Å²) in [5.41, 5.74) is 5.47. The first kappa shape index (κ1) is 16.5. The summed E-state index contributed by atoms with van der Waals surface area (Å²) in [5, 5.41) is 0. The van der Waals surface area contributed by atoms with E-state index in [4.69, 9.17) is 10.2 Å². The zero-order chi connectivity index (χ0) is 16.6. The first-order valence-corrected chi connectivity index (χ1v) is 9.71. The van der Waals surface area contributed by atoms with Crippen LogP contribution in [0.4, 0.5) is 0 Å². The van der Waals surface area contributed by atoms with Crippen molar-refractivity contribution in [1.82, 2.24) is 9.80 Å². The van der Waals surface area contributed by atoms with Gasteiger partial charge in [-0.25, -0.2) is 8.42 Å². The Morgan fingerprint density at radius 2 is 2.04 bits per heavy atom. The van der Waals surface area contributed by atoms with Crippen molar-refractivity contribution in [3.05, 3.63) is 23.7 Å². The molecule has 2 saturated heterocycles. The van der Waals surface area contributed by atoms with E-state index in [1.807, 2.05) is 19.1 Å². The quantitative estimate of drug-likeness (QED) is 0.811. The topological polar surface area (TPSA) is 96.9 Å². The molecule has 0 spiro atoms. The molecule has 8 heteroatoms. The van der Waals surface area contributed by atoms with Crippen molar-refractivity contribution in [2.45, 2.75) is 32.0 Å². The van der Waals surface area contributed by atoms with Gasteiger partial charge in [0.1, 0.15) is 11.5 Å². The van der Waals surface area contributed by atoms with Crippen molar-refractivity contribution in [3.63, 3.8) is 0 Å². The smallest absolute Gasteiger partial charge is 0.224 e. The van der Waals surface area contributed by atoms with Crippen LogP contribution in [0.2, 0.25) is 0 Å². The van der Waals surface area contributed by atoms with Gasteiger partial charge in [-0.1, -0.05) is 0 Å². The molecule has 3 rings (SSSR count). The Kier molecular flexibility index (Phi) is 4.48. The van der Waals surface area contributed by atoms with E-state index in [1.54, 1.807) is 4.90 Å². The van der Waals surface area contributed by atoms with Gasteiger partial charge in [0.05, 0.1) is 24.1 Å². The van der Waals surface area contributed by atoms with Crippen molar-refractivity contribution in [3.8, 4) is 0 Å². The summed E-state index contributed by atoms with van der Waals surface area (Å²) in [7, 11) is -3.13. The average molecular weight is 341 g/mol. The summed E-state index contributed by atoms with van der Waals surface area (Å²) in [5.74, 6) is 1.76. The number of sulfone groups is 1. The van der Waals surface area contributed by atoms with Gasteiger partial charge in [0.2, 0.25) is 5.91 Å². The SMILES string of the molecule is Cc1ccc(CN2CCN(C(=O)CCN)[C@H]3CS(=O)(=O)C[C@H]32)o1. The lowest BCUT2D eigenvalue weighted by Crippen LogP contribution is -2.60. The Balaban J connectivity index is 1.79. The minimum absolute atomic E-state index is 0.0433. The highest BCUT2D eigenvalue weighted by molar-refractivity contribution is 7.91. The third-order valence-corrected chi connectivity index (χ3v) is 6.32. The van der Waals surface area contributed by atoms with Gasteiger partial charge in [0.15, 0.2) is 9.84 Å². The van der Waals surface area contributed by atoms with Gasteiger partial charge in [-0.15, -0.1) is 0 Å². The molecule has 1 amide bonds. The van der Waals surface area contributed by atoms with Crippen LogP contribution >= 0.6 is 0 Å². The Hall–Kier alpha value is -1.38. The predicted molar refractivity (Wildman–Crippen MR) is 85.5 cm³/mol. The second-order valence-electron chi connectivity index (χ2n) is 6.32. The second kappa shape index (κ2) is 6.26. The van der Waals surface area contributed by atoms with E-state index in [1.165, 1.54) is 0 Å². The van der Waals surface area contributed by atoms with E-state index in [0.717, 1.165) is 11.5 Å². The van der Waals surface area contributed by atoms with E-state index in [9.17, 15) is 13.2 Å². The number of nitrogens with two attached hydrogens (primary N) is 1. The average Bonchev–Trinajstić information content (AvgIpc) is 3.01. The van der Waals surface area contributed by atoms with E-state index in [0.29, 0.717) is 19.6 Å². The van der Waals surface area contributed by atoms with Crippen molar-refractivity contribution >= 4 is 15.7 Å². The minimum Gasteiger partial charge on any atom is -0.465 e. The third kappa shape index (κ3) is 3.44. The summed E-state index contributed by atoms with van der Waals surface area (Å²) >= 11 is 0. The largest absolute Gasteiger partial charge is 0.465 e. The molecule has 2 N–H and O–H groups in total. The highest BCUT2D eigenvalue weighted by Crippen LogP contribution is 2.28. The van der Waals surface area contributed by atoms with Crippen molar-refractivity contribution < 1.29 is 17.6 Å². The molecule has 0 bridgehead atoms. The Morgan fingerprint density at radius 3 is 2.70 bits per heavy atom. The van der Waals surface area contributed by atoms with Crippen molar-refractivity contribution in [2.24, 2.45) is 5.73 Å². The summed E-state index contributed by atoms with van der Waals surface area (Å²) in [6.45, 7) is 3.93. The number of amides is 1. The fourth-order valence-corrected chi connectivity index (χ4v) is 5.58. The molecule has 23 heavy (non-hydrogen) atoms. The molecule has 1 aromatic heterocycles. The van der Waals surface area contributed by atoms with E-state index < -0.39 is 9.84 Å². The van der Waals surface area contributed by atoms with Crippen LogP contribution in [-0.2, 0) is 21.2 Å². The van der Waals surface area contributed by atoms with Crippen LogP contribution in [0, 0.1) is 6.92 Å². The lowest BCUT2D eigenvalue weighted by molar-refractivity contribution is -0.137.